The molecule has 1 fully saturated rings. The molecule has 0 amide bonds. The van der Waals surface area contributed by atoms with Gasteiger partial charge in [-0.15, -0.1) is 10.2 Å². The Morgan fingerprint density at radius 1 is 1.32 bits per heavy atom. The SMILES string of the molecule is CC1CCC(O)(CS(=O)(=O)Cc2nnc(C(C)C)n2C)CC1. The van der Waals surface area contributed by atoms with E-state index in [9.17, 15) is 13.5 Å². The molecule has 6 nitrogen and oxygen atoms in total. The predicted octanol–water partition coefficient (Wildman–Crippen LogP) is 1.79. The van der Waals surface area contributed by atoms with Crippen LogP contribution < -0.4 is 0 Å². The number of aliphatic hydroxyl groups is 1. The van der Waals surface area contributed by atoms with Gasteiger partial charge in [-0.25, -0.2) is 8.42 Å². The molecular formula is C15H27N3O3S. The fourth-order valence-electron chi connectivity index (χ4n) is 3.10. The summed E-state index contributed by atoms with van der Waals surface area (Å²) in [6.45, 7) is 6.13. The number of rotatable bonds is 5. The van der Waals surface area contributed by atoms with Crippen molar-refractivity contribution in [3.05, 3.63) is 11.6 Å². The number of aromatic nitrogens is 3. The summed E-state index contributed by atoms with van der Waals surface area (Å²) in [6, 6.07) is 0. The van der Waals surface area contributed by atoms with E-state index in [1.54, 1.807) is 11.6 Å². The Morgan fingerprint density at radius 2 is 1.91 bits per heavy atom. The van der Waals surface area contributed by atoms with Crippen LogP contribution in [0.15, 0.2) is 0 Å². The van der Waals surface area contributed by atoms with Crippen LogP contribution in [0.1, 0.15) is 64.0 Å². The third-order valence-corrected chi connectivity index (χ3v) is 6.23. The topological polar surface area (TPSA) is 85.1 Å². The van der Waals surface area contributed by atoms with E-state index >= 15 is 0 Å². The lowest BCUT2D eigenvalue weighted by Crippen LogP contribution is -2.41. The van der Waals surface area contributed by atoms with Crippen LogP contribution in [0.4, 0.5) is 0 Å². The van der Waals surface area contributed by atoms with Crippen LogP contribution >= 0.6 is 0 Å². The highest BCUT2D eigenvalue weighted by Gasteiger charge is 2.36. The molecule has 22 heavy (non-hydrogen) atoms. The maximum absolute atomic E-state index is 12.4. The second-order valence-electron chi connectivity index (χ2n) is 7.13. The first kappa shape index (κ1) is 17.4. The van der Waals surface area contributed by atoms with Gasteiger partial charge in [-0.1, -0.05) is 20.8 Å². The molecule has 0 atom stereocenters. The van der Waals surface area contributed by atoms with Crippen LogP contribution in [0.3, 0.4) is 0 Å². The Morgan fingerprint density at radius 3 is 2.41 bits per heavy atom. The van der Waals surface area contributed by atoms with Crippen LogP contribution in [-0.2, 0) is 22.6 Å². The molecule has 0 aliphatic heterocycles. The number of hydrogen-bond acceptors (Lipinski definition) is 5. The van der Waals surface area contributed by atoms with Gasteiger partial charge in [0.2, 0.25) is 0 Å². The minimum Gasteiger partial charge on any atom is -0.389 e. The number of hydrogen-bond donors (Lipinski definition) is 1. The van der Waals surface area contributed by atoms with Crippen LogP contribution in [0.25, 0.3) is 0 Å². The fourth-order valence-corrected chi connectivity index (χ4v) is 4.96. The Hall–Kier alpha value is -0.950. The molecule has 1 N–H and O–H groups in total. The molecule has 1 aliphatic carbocycles. The number of sulfone groups is 1. The van der Waals surface area contributed by atoms with Crippen LogP contribution in [0.5, 0.6) is 0 Å². The molecule has 1 saturated carbocycles. The zero-order valence-corrected chi connectivity index (χ0v) is 14.7. The lowest BCUT2D eigenvalue weighted by molar-refractivity contribution is 0.0135. The van der Waals surface area contributed by atoms with Crippen molar-refractivity contribution in [3.63, 3.8) is 0 Å². The van der Waals surface area contributed by atoms with Crippen LogP contribution in [0, 0.1) is 5.92 Å². The summed E-state index contributed by atoms with van der Waals surface area (Å²) in [4.78, 5) is 0. The summed E-state index contributed by atoms with van der Waals surface area (Å²) in [5, 5.41) is 18.6. The lowest BCUT2D eigenvalue weighted by atomic mass is 9.81. The van der Waals surface area contributed by atoms with E-state index < -0.39 is 15.4 Å². The van der Waals surface area contributed by atoms with Gasteiger partial charge in [0, 0.05) is 13.0 Å². The van der Waals surface area contributed by atoms with Crippen molar-refractivity contribution in [2.24, 2.45) is 13.0 Å². The van der Waals surface area contributed by atoms with E-state index in [0.717, 1.165) is 18.7 Å². The number of nitrogens with zero attached hydrogens (tertiary/aromatic N) is 3. The molecule has 126 valence electrons. The van der Waals surface area contributed by atoms with Crippen molar-refractivity contribution in [3.8, 4) is 0 Å². The quantitative estimate of drug-likeness (QED) is 0.890. The van der Waals surface area contributed by atoms with E-state index in [4.69, 9.17) is 0 Å². The zero-order valence-electron chi connectivity index (χ0n) is 13.9. The van der Waals surface area contributed by atoms with Crippen molar-refractivity contribution in [1.82, 2.24) is 14.8 Å². The summed E-state index contributed by atoms with van der Waals surface area (Å²) < 4.78 is 26.6. The van der Waals surface area contributed by atoms with Gasteiger partial charge >= 0.3 is 0 Å². The van der Waals surface area contributed by atoms with Crippen molar-refractivity contribution in [2.75, 3.05) is 5.75 Å². The highest BCUT2D eigenvalue weighted by Crippen LogP contribution is 2.33. The van der Waals surface area contributed by atoms with Gasteiger partial charge in [0.05, 0.1) is 11.4 Å². The molecular weight excluding hydrogens is 302 g/mol. The lowest BCUT2D eigenvalue weighted by Gasteiger charge is -2.34. The van der Waals surface area contributed by atoms with Gasteiger partial charge < -0.3 is 9.67 Å². The molecule has 0 aromatic carbocycles. The fraction of sp³-hybridized carbons (Fsp3) is 0.867. The Kier molecular flexibility index (Phi) is 4.96. The van der Waals surface area contributed by atoms with E-state index in [2.05, 4.69) is 17.1 Å². The van der Waals surface area contributed by atoms with Gasteiger partial charge in [-0.2, -0.15) is 0 Å². The molecule has 1 aromatic rings. The minimum atomic E-state index is -3.42. The molecule has 1 aliphatic rings. The summed E-state index contributed by atoms with van der Waals surface area (Å²) >= 11 is 0. The summed E-state index contributed by atoms with van der Waals surface area (Å²) in [5.41, 5.74) is -1.08. The zero-order chi connectivity index (χ0) is 16.5. The first-order chi connectivity index (χ1) is 10.1. The largest absolute Gasteiger partial charge is 0.389 e. The van der Waals surface area contributed by atoms with Crippen LogP contribution in [0.2, 0.25) is 0 Å². The summed E-state index contributed by atoms with van der Waals surface area (Å²) in [5.74, 6) is 1.62. The summed E-state index contributed by atoms with van der Waals surface area (Å²) in [6.07, 6.45) is 2.88. The highest BCUT2D eigenvalue weighted by atomic mass is 32.2. The molecule has 1 heterocycles. The molecule has 0 unspecified atom stereocenters. The predicted molar refractivity (Wildman–Crippen MR) is 85.2 cm³/mol. The van der Waals surface area contributed by atoms with Gasteiger partial charge in [0.1, 0.15) is 17.4 Å². The third kappa shape index (κ3) is 4.07. The van der Waals surface area contributed by atoms with Crippen molar-refractivity contribution in [1.29, 1.82) is 0 Å². The Labute approximate surface area is 132 Å². The maximum Gasteiger partial charge on any atom is 0.160 e. The van der Waals surface area contributed by atoms with E-state index in [1.165, 1.54) is 0 Å². The van der Waals surface area contributed by atoms with E-state index in [-0.39, 0.29) is 17.4 Å². The molecule has 0 radical (unpaired) electrons. The standard InChI is InChI=1S/C15H27N3O3S/c1-11(2)14-17-16-13(18(14)4)9-22(20,21)10-15(19)7-5-12(3)6-8-15/h11-12,19H,5-10H2,1-4H3. The van der Waals surface area contributed by atoms with Crippen molar-refractivity contribution >= 4 is 9.84 Å². The van der Waals surface area contributed by atoms with E-state index in [1.807, 2.05) is 13.8 Å². The minimum absolute atomic E-state index is 0.166. The smallest absolute Gasteiger partial charge is 0.160 e. The first-order valence-corrected chi connectivity index (χ1v) is 9.75. The van der Waals surface area contributed by atoms with E-state index in [0.29, 0.717) is 24.6 Å². The van der Waals surface area contributed by atoms with Crippen molar-refractivity contribution in [2.45, 2.75) is 63.7 Å². The first-order valence-electron chi connectivity index (χ1n) is 7.93. The average Bonchev–Trinajstić information content (AvgIpc) is 2.74. The average molecular weight is 329 g/mol. The van der Waals surface area contributed by atoms with Crippen molar-refractivity contribution < 1.29 is 13.5 Å². The Bertz CT molecular complexity index is 614. The molecule has 0 saturated heterocycles. The second kappa shape index (κ2) is 6.28. The molecule has 7 heteroatoms. The molecule has 0 spiro atoms. The third-order valence-electron chi connectivity index (χ3n) is 4.56. The van der Waals surface area contributed by atoms with Gasteiger partial charge in [-0.3, -0.25) is 0 Å². The van der Waals surface area contributed by atoms with Gasteiger partial charge in [-0.05, 0) is 31.6 Å². The maximum atomic E-state index is 12.4. The van der Waals surface area contributed by atoms with Gasteiger partial charge in [0.25, 0.3) is 0 Å². The Balaban J connectivity index is 2.08. The second-order valence-corrected chi connectivity index (χ2v) is 9.19. The summed E-state index contributed by atoms with van der Waals surface area (Å²) in [7, 11) is -1.63. The molecule has 2 rings (SSSR count). The van der Waals surface area contributed by atoms with Gasteiger partial charge in [0.15, 0.2) is 9.84 Å². The van der Waals surface area contributed by atoms with Crippen LogP contribution in [-0.4, -0.2) is 39.6 Å². The monoisotopic (exact) mass is 329 g/mol. The molecule has 0 bridgehead atoms. The highest BCUT2D eigenvalue weighted by molar-refractivity contribution is 7.90. The molecule has 1 aromatic heterocycles. The normalized spacial score (nSPS) is 26.5.